The van der Waals surface area contributed by atoms with E-state index in [0.717, 1.165) is 4.90 Å². The molecule has 1 rings (SSSR count). The van der Waals surface area contributed by atoms with E-state index in [9.17, 15) is 9.90 Å². The van der Waals surface area contributed by atoms with Gasteiger partial charge in [-0.2, -0.15) is 0 Å². The molecule has 82 valence electrons. The second-order valence-corrected chi connectivity index (χ2v) is 4.30. The van der Waals surface area contributed by atoms with Crippen molar-refractivity contribution in [3.8, 4) is 5.75 Å². The molecule has 0 aliphatic rings. The van der Waals surface area contributed by atoms with Crippen molar-refractivity contribution >= 4 is 17.7 Å². The quantitative estimate of drug-likeness (QED) is 0.312. The van der Waals surface area contributed by atoms with E-state index in [-0.39, 0.29) is 16.9 Å². The first-order chi connectivity index (χ1) is 7.17. The smallest absolute Gasteiger partial charge is 0.247 e. The van der Waals surface area contributed by atoms with E-state index >= 15 is 0 Å². The molecule has 0 bridgehead atoms. The van der Waals surface area contributed by atoms with Gasteiger partial charge in [-0.05, 0) is 24.6 Å². The molecule has 0 aliphatic carbocycles. The van der Waals surface area contributed by atoms with Crippen LogP contribution in [-0.4, -0.2) is 16.3 Å². The lowest BCUT2D eigenvalue weighted by molar-refractivity contribution is -0.120. The van der Waals surface area contributed by atoms with E-state index in [2.05, 4.69) is 5.43 Å². The summed E-state index contributed by atoms with van der Waals surface area (Å²) in [5.74, 6) is 5.06. The molecule has 0 fully saturated rings. The first kappa shape index (κ1) is 11.9. The number of hydrogen-bond donors (Lipinski definition) is 3. The van der Waals surface area contributed by atoms with Crippen molar-refractivity contribution in [2.75, 3.05) is 0 Å². The molecule has 1 aromatic rings. The van der Waals surface area contributed by atoms with Crippen molar-refractivity contribution in [2.45, 2.75) is 23.5 Å². The number of amides is 1. The number of nitrogens with one attached hydrogen (secondary N) is 1. The van der Waals surface area contributed by atoms with E-state index in [1.807, 2.05) is 13.0 Å². The van der Waals surface area contributed by atoms with E-state index in [4.69, 9.17) is 5.84 Å². The van der Waals surface area contributed by atoms with Crippen molar-refractivity contribution in [2.24, 2.45) is 5.84 Å². The minimum atomic E-state index is -0.225. The minimum Gasteiger partial charge on any atom is -0.508 e. The number of rotatable bonds is 4. The number of phenols is 1. The molecule has 0 spiro atoms. The highest BCUT2D eigenvalue weighted by atomic mass is 32.2. The van der Waals surface area contributed by atoms with Crippen LogP contribution in [0.3, 0.4) is 0 Å². The normalized spacial score (nSPS) is 12.1. The summed E-state index contributed by atoms with van der Waals surface area (Å²) < 4.78 is 0. The maximum atomic E-state index is 11.3. The van der Waals surface area contributed by atoms with Crippen molar-refractivity contribution in [1.29, 1.82) is 0 Å². The fraction of sp³-hybridized carbons (Fsp3) is 0.300. The van der Waals surface area contributed by atoms with Gasteiger partial charge in [0.05, 0.1) is 5.25 Å². The van der Waals surface area contributed by atoms with Crippen molar-refractivity contribution in [3.63, 3.8) is 0 Å². The van der Waals surface area contributed by atoms with Crippen LogP contribution < -0.4 is 11.3 Å². The molecular formula is C10H14N2O2S. The second kappa shape index (κ2) is 5.63. The van der Waals surface area contributed by atoms with Crippen LogP contribution >= 0.6 is 11.8 Å². The molecule has 1 atom stereocenters. The van der Waals surface area contributed by atoms with E-state index in [1.54, 1.807) is 18.2 Å². The Hall–Kier alpha value is -1.20. The minimum absolute atomic E-state index is 0.197. The van der Waals surface area contributed by atoms with Gasteiger partial charge in [-0.15, -0.1) is 11.8 Å². The SMILES string of the molecule is CCC(Sc1cccc(O)c1)C(=O)NN. The number of hydrazine groups is 1. The zero-order valence-electron chi connectivity index (χ0n) is 8.43. The van der Waals surface area contributed by atoms with Crippen LogP contribution in [-0.2, 0) is 4.79 Å². The number of carbonyl (C=O) groups excluding carboxylic acids is 1. The van der Waals surface area contributed by atoms with Gasteiger partial charge in [0.2, 0.25) is 5.91 Å². The molecule has 0 radical (unpaired) electrons. The largest absolute Gasteiger partial charge is 0.508 e. The number of thioether (sulfide) groups is 1. The monoisotopic (exact) mass is 226 g/mol. The topological polar surface area (TPSA) is 75.3 Å². The Morgan fingerprint density at radius 3 is 2.93 bits per heavy atom. The third-order valence-corrected chi connectivity index (χ3v) is 3.26. The maximum absolute atomic E-state index is 11.3. The molecular weight excluding hydrogens is 212 g/mol. The Morgan fingerprint density at radius 2 is 2.40 bits per heavy atom. The third-order valence-electron chi connectivity index (χ3n) is 1.90. The van der Waals surface area contributed by atoms with Crippen LogP contribution in [0.5, 0.6) is 5.75 Å². The first-order valence-electron chi connectivity index (χ1n) is 4.63. The highest BCUT2D eigenvalue weighted by Gasteiger charge is 2.16. The Kier molecular flexibility index (Phi) is 4.45. The second-order valence-electron chi connectivity index (χ2n) is 3.02. The first-order valence-corrected chi connectivity index (χ1v) is 5.51. The molecule has 1 unspecified atom stereocenters. The van der Waals surface area contributed by atoms with Crippen LogP contribution in [0.1, 0.15) is 13.3 Å². The summed E-state index contributed by atoms with van der Waals surface area (Å²) in [6, 6.07) is 6.80. The van der Waals surface area contributed by atoms with Crippen LogP contribution in [0.25, 0.3) is 0 Å². The van der Waals surface area contributed by atoms with E-state index in [1.165, 1.54) is 11.8 Å². The number of nitrogens with two attached hydrogens (primary N) is 1. The number of phenolic OH excluding ortho intramolecular Hbond substituents is 1. The molecule has 1 aromatic carbocycles. The molecule has 0 aliphatic heterocycles. The lowest BCUT2D eigenvalue weighted by Crippen LogP contribution is -2.37. The lowest BCUT2D eigenvalue weighted by atomic mass is 10.3. The van der Waals surface area contributed by atoms with Gasteiger partial charge in [-0.1, -0.05) is 13.0 Å². The fourth-order valence-corrected chi connectivity index (χ4v) is 2.15. The number of carbonyl (C=O) groups is 1. The Morgan fingerprint density at radius 1 is 1.67 bits per heavy atom. The Bertz CT molecular complexity index is 344. The van der Waals surface area contributed by atoms with Crippen LogP contribution in [0.15, 0.2) is 29.2 Å². The van der Waals surface area contributed by atoms with E-state index < -0.39 is 0 Å². The molecule has 4 nitrogen and oxygen atoms in total. The summed E-state index contributed by atoms with van der Waals surface area (Å²) in [6.45, 7) is 1.91. The number of aromatic hydroxyl groups is 1. The predicted molar refractivity (Wildman–Crippen MR) is 60.4 cm³/mol. The molecule has 0 aromatic heterocycles. The van der Waals surface area contributed by atoms with Crippen LogP contribution in [0, 0.1) is 0 Å². The molecule has 4 N–H and O–H groups in total. The standard InChI is InChI=1S/C10H14N2O2S/c1-2-9(10(14)12-11)15-8-5-3-4-7(13)6-8/h3-6,9,13H,2,11H2,1H3,(H,12,14). The third kappa shape index (κ3) is 3.45. The summed E-state index contributed by atoms with van der Waals surface area (Å²) in [6.07, 6.45) is 0.684. The van der Waals surface area contributed by atoms with Gasteiger partial charge in [0, 0.05) is 4.90 Å². The zero-order valence-corrected chi connectivity index (χ0v) is 9.25. The van der Waals surface area contributed by atoms with Gasteiger partial charge in [0.15, 0.2) is 0 Å². The van der Waals surface area contributed by atoms with Crippen molar-refractivity contribution in [3.05, 3.63) is 24.3 Å². The highest BCUT2D eigenvalue weighted by molar-refractivity contribution is 8.00. The molecule has 0 saturated carbocycles. The van der Waals surface area contributed by atoms with Gasteiger partial charge in [-0.3, -0.25) is 10.2 Å². The molecule has 0 saturated heterocycles. The summed E-state index contributed by atoms with van der Waals surface area (Å²) in [4.78, 5) is 12.2. The van der Waals surface area contributed by atoms with Crippen molar-refractivity contribution in [1.82, 2.24) is 5.43 Å². The maximum Gasteiger partial charge on any atom is 0.247 e. The van der Waals surface area contributed by atoms with Crippen molar-refractivity contribution < 1.29 is 9.90 Å². The van der Waals surface area contributed by atoms with Gasteiger partial charge in [-0.25, -0.2) is 5.84 Å². The summed E-state index contributed by atoms with van der Waals surface area (Å²) in [7, 11) is 0. The average Bonchev–Trinajstić information content (AvgIpc) is 2.25. The Balaban J connectivity index is 2.70. The van der Waals surface area contributed by atoms with Crippen LogP contribution in [0.4, 0.5) is 0 Å². The summed E-state index contributed by atoms with van der Waals surface area (Å²) >= 11 is 1.38. The molecule has 5 heteroatoms. The molecule has 0 heterocycles. The lowest BCUT2D eigenvalue weighted by Gasteiger charge is -2.12. The van der Waals surface area contributed by atoms with Gasteiger partial charge in [0.1, 0.15) is 5.75 Å². The van der Waals surface area contributed by atoms with E-state index in [0.29, 0.717) is 6.42 Å². The zero-order chi connectivity index (χ0) is 11.3. The fourth-order valence-electron chi connectivity index (χ4n) is 1.14. The summed E-state index contributed by atoms with van der Waals surface area (Å²) in [5.41, 5.74) is 2.13. The average molecular weight is 226 g/mol. The number of benzene rings is 1. The van der Waals surface area contributed by atoms with Gasteiger partial charge >= 0.3 is 0 Å². The molecule has 15 heavy (non-hydrogen) atoms. The Labute approximate surface area is 92.8 Å². The summed E-state index contributed by atoms with van der Waals surface area (Å²) in [5, 5.41) is 9.03. The highest BCUT2D eigenvalue weighted by Crippen LogP contribution is 2.27. The predicted octanol–water partition coefficient (Wildman–Crippen LogP) is 1.25. The number of hydrogen-bond acceptors (Lipinski definition) is 4. The molecule has 1 amide bonds. The van der Waals surface area contributed by atoms with Gasteiger partial charge < -0.3 is 5.11 Å². The van der Waals surface area contributed by atoms with Crippen LogP contribution in [0.2, 0.25) is 0 Å². The van der Waals surface area contributed by atoms with Gasteiger partial charge in [0.25, 0.3) is 0 Å².